The van der Waals surface area contributed by atoms with Gasteiger partial charge < -0.3 is 11.5 Å². The van der Waals surface area contributed by atoms with Crippen LogP contribution in [0.25, 0.3) is 22.9 Å². The topological polar surface area (TPSA) is 323 Å². The van der Waals surface area contributed by atoms with Gasteiger partial charge in [-0.25, -0.2) is 0 Å². The second-order valence-corrected chi connectivity index (χ2v) is 16.7. The maximum atomic E-state index is 13.7. The number of Topliss-reactive ketones (excluding diaryl/α,β-unsaturated/α-hetero) is 2. The van der Waals surface area contributed by atoms with E-state index in [1.54, 1.807) is 6.07 Å². The maximum absolute atomic E-state index is 13.7. The summed E-state index contributed by atoms with van der Waals surface area (Å²) < 4.78 is 102. The van der Waals surface area contributed by atoms with Gasteiger partial charge in [-0.1, -0.05) is 18.2 Å². The zero-order valence-corrected chi connectivity index (χ0v) is 31.5. The van der Waals surface area contributed by atoms with Gasteiger partial charge in [0.15, 0.2) is 11.4 Å². The lowest BCUT2D eigenvalue weighted by Crippen LogP contribution is -2.28. The zero-order valence-electron chi connectivity index (χ0n) is 29.1. The fourth-order valence-electron chi connectivity index (χ4n) is 5.89. The first-order valence-electron chi connectivity index (χ1n) is 16.3. The van der Waals surface area contributed by atoms with Gasteiger partial charge in [0.1, 0.15) is 9.81 Å². The summed E-state index contributed by atoms with van der Waals surface area (Å²) in [7, 11) is -14.5. The highest BCUT2D eigenvalue weighted by atomic mass is 32.2. The normalized spacial score (nSPS) is 16.0. The van der Waals surface area contributed by atoms with Crippen molar-refractivity contribution in [3.63, 3.8) is 0 Å². The number of nitrogen functional groups attached to an aromatic ring is 2. The van der Waals surface area contributed by atoms with E-state index >= 15 is 0 Å². The first-order valence-corrected chi connectivity index (χ1v) is 20.6. The number of anilines is 4. The molecule has 5 aromatic carbocycles. The van der Waals surface area contributed by atoms with Crippen LogP contribution in [0.15, 0.2) is 126 Å². The Labute approximate surface area is 328 Å². The van der Waals surface area contributed by atoms with E-state index in [0.29, 0.717) is 22.1 Å². The summed E-state index contributed by atoms with van der Waals surface area (Å²) in [6.45, 7) is 0. The molecular formula is C36H26N8O11S3. The van der Waals surface area contributed by atoms with E-state index < -0.39 is 63.2 Å². The summed E-state index contributed by atoms with van der Waals surface area (Å²) in [6, 6.07) is 20.8. The number of fused-ring (bicyclic) bond motifs is 3. The summed E-state index contributed by atoms with van der Waals surface area (Å²) in [5.41, 5.74) is 17.0. The first-order chi connectivity index (χ1) is 27.3. The summed E-state index contributed by atoms with van der Waals surface area (Å²) >= 11 is 0. The minimum atomic E-state index is -5.00. The number of carbonyl (C=O) groups is 2. The van der Waals surface area contributed by atoms with Crippen molar-refractivity contribution in [1.29, 1.82) is 0 Å². The second kappa shape index (κ2) is 14.5. The van der Waals surface area contributed by atoms with Crippen LogP contribution in [0.4, 0.5) is 34.1 Å². The molecule has 0 saturated carbocycles. The van der Waals surface area contributed by atoms with Crippen LogP contribution >= 0.6 is 0 Å². The number of hydrogen-bond acceptors (Lipinski definition) is 16. The van der Waals surface area contributed by atoms with Crippen molar-refractivity contribution in [2.45, 2.75) is 4.90 Å². The van der Waals surface area contributed by atoms with Gasteiger partial charge in [-0.15, -0.1) is 5.11 Å². The lowest BCUT2D eigenvalue weighted by molar-refractivity contribution is 0.105. The number of azo groups is 1. The Morgan fingerprint density at radius 2 is 1.09 bits per heavy atom. The Morgan fingerprint density at radius 1 is 0.534 bits per heavy atom. The van der Waals surface area contributed by atoms with Crippen LogP contribution in [0, 0.1) is 0 Å². The lowest BCUT2D eigenvalue weighted by Gasteiger charge is -2.18. The molecule has 0 bridgehead atoms. The summed E-state index contributed by atoms with van der Waals surface area (Å²) in [5, 5.41) is 17.0. The van der Waals surface area contributed by atoms with Crippen molar-refractivity contribution < 1.29 is 48.5 Å². The predicted molar refractivity (Wildman–Crippen MR) is 216 cm³/mol. The predicted octanol–water partition coefficient (Wildman–Crippen LogP) is 5.45. The van der Waals surface area contributed by atoms with Crippen molar-refractivity contribution in [1.82, 2.24) is 0 Å². The number of nitrogens with one attached hydrogen (secondary N) is 2. The number of benzene rings is 5. The van der Waals surface area contributed by atoms with E-state index in [9.17, 15) is 48.5 Å². The largest absolute Gasteiger partial charge is 0.399 e. The van der Waals surface area contributed by atoms with E-state index in [4.69, 9.17) is 11.5 Å². The molecule has 5 aromatic rings. The third-order valence-electron chi connectivity index (χ3n) is 8.68. The van der Waals surface area contributed by atoms with Gasteiger partial charge in [0.05, 0.1) is 27.6 Å². The second-order valence-electron chi connectivity index (χ2n) is 12.5. The van der Waals surface area contributed by atoms with Crippen molar-refractivity contribution in [3.8, 4) is 0 Å². The summed E-state index contributed by atoms with van der Waals surface area (Å²) in [6.07, 6.45) is 2.06. The molecule has 0 saturated heterocycles. The molecule has 22 heteroatoms. The molecule has 58 heavy (non-hydrogen) atoms. The number of hydrogen-bond donors (Lipinski definition) is 7. The number of nitrogens with zero attached hydrogens (tertiary/aromatic N) is 4. The highest BCUT2D eigenvalue weighted by Gasteiger charge is 2.35. The molecule has 0 unspecified atom stereocenters. The van der Waals surface area contributed by atoms with Crippen molar-refractivity contribution in [3.05, 3.63) is 123 Å². The van der Waals surface area contributed by atoms with E-state index in [-0.39, 0.29) is 49.9 Å². The first kappa shape index (κ1) is 39.3. The number of allylic oxidation sites excluding steroid dienone is 2. The minimum Gasteiger partial charge on any atom is -0.399 e. The van der Waals surface area contributed by atoms with Crippen LogP contribution in [0.2, 0.25) is 0 Å². The van der Waals surface area contributed by atoms with Crippen molar-refractivity contribution >= 4 is 110 Å². The Bertz CT molecular complexity index is 3140. The molecule has 2 aliphatic carbocycles. The third-order valence-corrected chi connectivity index (χ3v) is 11.3. The van der Waals surface area contributed by atoms with Gasteiger partial charge in [-0.05, 0) is 96.1 Å². The van der Waals surface area contributed by atoms with Crippen LogP contribution < -0.4 is 22.3 Å². The van der Waals surface area contributed by atoms with Gasteiger partial charge in [-0.3, -0.25) is 34.1 Å². The molecule has 0 fully saturated rings. The van der Waals surface area contributed by atoms with Crippen LogP contribution in [-0.2, 0) is 30.4 Å². The minimum absolute atomic E-state index is 0.0230. The molecule has 294 valence electrons. The molecule has 0 aromatic heterocycles. The average Bonchev–Trinajstić information content (AvgIpc) is 3.16. The zero-order chi connectivity index (χ0) is 41.7. The van der Waals surface area contributed by atoms with Crippen molar-refractivity contribution in [2.24, 2.45) is 20.4 Å². The van der Waals surface area contributed by atoms with E-state index in [2.05, 4.69) is 31.3 Å². The van der Waals surface area contributed by atoms with Crippen LogP contribution in [0.3, 0.4) is 0 Å². The van der Waals surface area contributed by atoms with E-state index in [0.717, 1.165) is 12.2 Å². The fraction of sp³-hybridized carbons (Fsp3) is 0. The standard InChI is InChI=1S/C36H26N8O11S3/c37-20-3-1-18-13-31(57(50,51)52)33(35(45)26(18)15-20)44-41-23-4-2-19-14-32(58(53,54)55)34(36(46)27(19)16-23)43-40-22-7-5-21(6-8-22)39-42-30-12-11-29(38)25-10-9-24(17-28(25)30)56(47,48)49/h1-17,40-41H,37-38H2,(H,47,48,49)(H,50,51,52)(H,53,54,55)/b42-39?,43-34+,44-33+. The van der Waals surface area contributed by atoms with Gasteiger partial charge in [-0.2, -0.15) is 40.6 Å². The number of nitrogens with two attached hydrogens (primary N) is 2. The molecule has 7 rings (SSSR count). The number of rotatable bonds is 9. The molecular weight excluding hydrogens is 817 g/mol. The third kappa shape index (κ3) is 7.86. The SMILES string of the molecule is Nc1ccc2c(c1)C(=O)/C(=N/Nc1ccc3c(c1)C(=O)/C(=N/Nc1ccc(N=Nc4ccc(N)c5ccc(S(=O)(=O)O)cc45)cc1)C(S(=O)(=O)O)=C3)C(S(=O)(=O)O)=C2. The van der Waals surface area contributed by atoms with Gasteiger partial charge in [0.2, 0.25) is 11.6 Å². The molecule has 19 nitrogen and oxygen atoms in total. The smallest absolute Gasteiger partial charge is 0.296 e. The van der Waals surface area contributed by atoms with Gasteiger partial charge >= 0.3 is 0 Å². The van der Waals surface area contributed by atoms with Gasteiger partial charge in [0.25, 0.3) is 30.4 Å². The summed E-state index contributed by atoms with van der Waals surface area (Å²) in [4.78, 5) is 25.0. The Balaban J connectivity index is 1.14. The quantitative estimate of drug-likeness (QED) is 0.0420. The highest BCUT2D eigenvalue weighted by molar-refractivity contribution is 7.91. The Hall–Kier alpha value is -6.95. The molecule has 2 aliphatic rings. The highest BCUT2D eigenvalue weighted by Crippen LogP contribution is 2.34. The van der Waals surface area contributed by atoms with Crippen LogP contribution in [0.5, 0.6) is 0 Å². The van der Waals surface area contributed by atoms with E-state index in [1.807, 2.05) is 0 Å². The van der Waals surface area contributed by atoms with Crippen molar-refractivity contribution in [2.75, 3.05) is 22.3 Å². The van der Waals surface area contributed by atoms with Crippen LogP contribution in [0.1, 0.15) is 31.8 Å². The molecule has 0 spiro atoms. The van der Waals surface area contributed by atoms with Gasteiger partial charge in [0, 0.05) is 33.3 Å². The molecule has 0 radical (unpaired) electrons. The molecule has 9 N–H and O–H groups in total. The monoisotopic (exact) mass is 842 g/mol. The number of hydrazone groups is 2. The molecule has 0 amide bonds. The Morgan fingerprint density at radius 3 is 1.67 bits per heavy atom. The number of carbonyl (C=O) groups excluding carboxylic acids is 2. The lowest BCUT2D eigenvalue weighted by atomic mass is 9.94. The molecule has 0 heterocycles. The number of ketones is 2. The summed E-state index contributed by atoms with van der Waals surface area (Å²) in [5.74, 6) is -1.83. The maximum Gasteiger partial charge on any atom is 0.296 e. The van der Waals surface area contributed by atoms with Crippen LogP contribution in [-0.4, -0.2) is 61.9 Å². The molecule has 0 atom stereocenters. The molecule has 0 aliphatic heterocycles. The average molecular weight is 843 g/mol. The van der Waals surface area contributed by atoms with E-state index in [1.165, 1.54) is 84.9 Å². The Kier molecular flexibility index (Phi) is 9.84. The fourth-order valence-corrected chi connectivity index (χ4v) is 7.71.